The van der Waals surface area contributed by atoms with Gasteiger partial charge in [0.05, 0.1) is 16.6 Å². The minimum absolute atomic E-state index is 0.172. The van der Waals surface area contributed by atoms with Gasteiger partial charge in [-0.15, -0.1) is 0 Å². The average molecular weight is 402 g/mol. The first-order valence-electron chi connectivity index (χ1n) is 8.18. The Hall–Kier alpha value is -2.68. The van der Waals surface area contributed by atoms with Crippen molar-refractivity contribution in [2.24, 2.45) is 0 Å². The van der Waals surface area contributed by atoms with E-state index in [0.29, 0.717) is 11.4 Å². The summed E-state index contributed by atoms with van der Waals surface area (Å²) in [5, 5.41) is 1.42. The highest BCUT2D eigenvalue weighted by Crippen LogP contribution is 2.25. The maximum Gasteiger partial charge on any atom is 0.240 e. The Morgan fingerprint density at radius 3 is 2.78 bits per heavy atom. The van der Waals surface area contributed by atoms with E-state index < -0.39 is 10.0 Å². The molecule has 3 heterocycles. The first-order chi connectivity index (χ1) is 13.0. The molecule has 138 valence electrons. The van der Waals surface area contributed by atoms with E-state index in [1.807, 2.05) is 16.8 Å². The van der Waals surface area contributed by atoms with Gasteiger partial charge in [-0.2, -0.15) is 0 Å². The molecule has 0 bridgehead atoms. The number of benzene rings is 1. The summed E-state index contributed by atoms with van der Waals surface area (Å²) in [6.07, 6.45) is 5.61. The molecule has 7 nitrogen and oxygen atoms in total. The molecule has 0 saturated heterocycles. The molecule has 27 heavy (non-hydrogen) atoms. The molecule has 0 radical (unpaired) electrons. The number of fused-ring (bicyclic) bond motifs is 3. The van der Waals surface area contributed by atoms with Gasteiger partial charge in [-0.05, 0) is 30.3 Å². The molecule has 0 saturated carbocycles. The van der Waals surface area contributed by atoms with Crippen molar-refractivity contribution in [3.05, 3.63) is 60.7 Å². The molecule has 0 unspecified atom stereocenters. The van der Waals surface area contributed by atoms with Crippen LogP contribution in [0.4, 0.5) is 0 Å². The largest absolute Gasteiger partial charge is 0.346 e. The van der Waals surface area contributed by atoms with Gasteiger partial charge in [-0.3, -0.25) is 0 Å². The molecule has 0 spiro atoms. The molecule has 2 N–H and O–H groups in total. The summed E-state index contributed by atoms with van der Waals surface area (Å²) < 4.78 is 29.1. The number of rotatable bonds is 6. The van der Waals surface area contributed by atoms with Crippen molar-refractivity contribution in [2.45, 2.75) is 11.3 Å². The monoisotopic (exact) mass is 401 g/mol. The van der Waals surface area contributed by atoms with E-state index in [9.17, 15) is 8.42 Å². The Morgan fingerprint density at radius 2 is 2.00 bits per heavy atom. The van der Waals surface area contributed by atoms with Crippen molar-refractivity contribution in [1.29, 1.82) is 0 Å². The maximum atomic E-state index is 12.3. The number of aromatic nitrogens is 4. The molecule has 0 fully saturated rings. The Bertz CT molecular complexity index is 1240. The number of sulfonamides is 1. The molecule has 0 amide bonds. The minimum atomic E-state index is -3.60. The zero-order chi connectivity index (χ0) is 19.0. The number of imidazole rings is 1. The van der Waals surface area contributed by atoms with Crippen LogP contribution >= 0.6 is 11.6 Å². The first-order valence-corrected chi connectivity index (χ1v) is 10.0. The Kier molecular flexibility index (Phi) is 4.47. The SMILES string of the molecule is C=C(CCNS(=O)(=O)c1ccc(Cl)cc1)n1cnc2cnc3[nH]ccc3c21. The van der Waals surface area contributed by atoms with Crippen molar-refractivity contribution < 1.29 is 8.42 Å². The van der Waals surface area contributed by atoms with E-state index >= 15 is 0 Å². The summed E-state index contributed by atoms with van der Waals surface area (Å²) in [4.78, 5) is 11.9. The summed E-state index contributed by atoms with van der Waals surface area (Å²) in [7, 11) is -3.60. The van der Waals surface area contributed by atoms with E-state index in [1.165, 1.54) is 12.1 Å². The molecule has 0 aliphatic rings. The fourth-order valence-corrected chi connectivity index (χ4v) is 4.05. The normalized spacial score (nSPS) is 12.0. The minimum Gasteiger partial charge on any atom is -0.346 e. The van der Waals surface area contributed by atoms with Crippen LogP contribution in [0.1, 0.15) is 6.42 Å². The number of nitrogens with zero attached hydrogens (tertiary/aromatic N) is 3. The molecular weight excluding hydrogens is 386 g/mol. The van der Waals surface area contributed by atoms with Gasteiger partial charge in [0.25, 0.3) is 0 Å². The molecule has 0 aliphatic carbocycles. The third-order valence-electron chi connectivity index (χ3n) is 4.26. The Labute approximate surface area is 160 Å². The van der Waals surface area contributed by atoms with Crippen LogP contribution in [0.25, 0.3) is 27.8 Å². The molecule has 1 aromatic carbocycles. The smallest absolute Gasteiger partial charge is 0.240 e. The van der Waals surface area contributed by atoms with Crippen LogP contribution in [-0.4, -0.2) is 34.5 Å². The number of hydrogen-bond donors (Lipinski definition) is 2. The quantitative estimate of drug-likeness (QED) is 0.517. The standard InChI is InChI=1S/C18H16ClN5O2S/c1-12(6-9-23-27(25,26)14-4-2-13(19)3-5-14)24-11-22-16-10-21-18-15(17(16)24)7-8-20-18/h2-5,7-8,10-11,23H,1,6,9H2,(H,20,21). The fraction of sp³-hybridized carbons (Fsp3) is 0.111. The highest BCUT2D eigenvalue weighted by Gasteiger charge is 2.15. The molecule has 0 atom stereocenters. The van der Waals surface area contributed by atoms with E-state index in [-0.39, 0.29) is 11.4 Å². The number of halogens is 1. The molecule has 4 rings (SSSR count). The predicted octanol–water partition coefficient (Wildman–Crippen LogP) is 3.41. The van der Waals surface area contributed by atoms with Crippen LogP contribution in [-0.2, 0) is 10.0 Å². The summed E-state index contributed by atoms with van der Waals surface area (Å²) in [6, 6.07) is 7.96. The lowest BCUT2D eigenvalue weighted by Gasteiger charge is -2.10. The summed E-state index contributed by atoms with van der Waals surface area (Å²) in [5.74, 6) is 0. The van der Waals surface area contributed by atoms with Crippen molar-refractivity contribution >= 4 is 49.4 Å². The van der Waals surface area contributed by atoms with Gasteiger partial charge in [0.1, 0.15) is 17.5 Å². The van der Waals surface area contributed by atoms with Crippen LogP contribution in [0.2, 0.25) is 5.02 Å². The van der Waals surface area contributed by atoms with E-state index in [0.717, 1.165) is 27.8 Å². The third kappa shape index (κ3) is 3.34. The van der Waals surface area contributed by atoms with Crippen LogP contribution in [0.3, 0.4) is 0 Å². The lowest BCUT2D eigenvalue weighted by atomic mass is 10.2. The number of nitrogens with one attached hydrogen (secondary N) is 2. The third-order valence-corrected chi connectivity index (χ3v) is 5.99. The number of pyridine rings is 1. The molecule has 9 heteroatoms. The van der Waals surface area contributed by atoms with Gasteiger partial charge in [0.15, 0.2) is 0 Å². The zero-order valence-electron chi connectivity index (χ0n) is 14.2. The summed E-state index contributed by atoms with van der Waals surface area (Å²) in [6.45, 7) is 4.30. The van der Waals surface area contributed by atoms with Gasteiger partial charge in [-0.25, -0.2) is 23.1 Å². The fourth-order valence-electron chi connectivity index (χ4n) is 2.90. The van der Waals surface area contributed by atoms with Gasteiger partial charge in [-0.1, -0.05) is 18.2 Å². The van der Waals surface area contributed by atoms with Gasteiger partial charge in [0, 0.05) is 35.3 Å². The topological polar surface area (TPSA) is 92.7 Å². The van der Waals surface area contributed by atoms with Crippen LogP contribution in [0, 0.1) is 0 Å². The van der Waals surface area contributed by atoms with Gasteiger partial charge >= 0.3 is 0 Å². The second kappa shape index (κ2) is 6.80. The van der Waals surface area contributed by atoms with Crippen molar-refractivity contribution in [1.82, 2.24) is 24.2 Å². The Balaban J connectivity index is 1.51. The van der Waals surface area contributed by atoms with Gasteiger partial charge in [0.2, 0.25) is 10.0 Å². The molecule has 4 aromatic rings. The van der Waals surface area contributed by atoms with E-state index in [2.05, 4.69) is 26.3 Å². The van der Waals surface area contributed by atoms with Gasteiger partial charge < -0.3 is 9.55 Å². The number of H-pyrrole nitrogens is 1. The van der Waals surface area contributed by atoms with Crippen LogP contribution in [0.15, 0.2) is 60.5 Å². The summed E-state index contributed by atoms with van der Waals surface area (Å²) in [5.41, 5.74) is 3.14. The first kappa shape index (κ1) is 17.7. The lowest BCUT2D eigenvalue weighted by molar-refractivity contribution is 0.582. The highest BCUT2D eigenvalue weighted by atomic mass is 35.5. The molecule has 0 aliphatic heterocycles. The predicted molar refractivity (Wildman–Crippen MR) is 106 cm³/mol. The van der Waals surface area contributed by atoms with E-state index in [4.69, 9.17) is 11.6 Å². The van der Waals surface area contributed by atoms with Crippen LogP contribution < -0.4 is 4.72 Å². The number of aromatic amines is 1. The van der Waals surface area contributed by atoms with Crippen molar-refractivity contribution in [3.63, 3.8) is 0 Å². The van der Waals surface area contributed by atoms with Crippen molar-refractivity contribution in [2.75, 3.05) is 6.54 Å². The van der Waals surface area contributed by atoms with Crippen molar-refractivity contribution in [3.8, 4) is 0 Å². The maximum absolute atomic E-state index is 12.3. The highest BCUT2D eigenvalue weighted by molar-refractivity contribution is 7.89. The molecular formula is C18H16ClN5O2S. The van der Waals surface area contributed by atoms with Crippen LogP contribution in [0.5, 0.6) is 0 Å². The second-order valence-electron chi connectivity index (χ2n) is 6.01. The van der Waals surface area contributed by atoms with E-state index in [1.54, 1.807) is 24.7 Å². The second-order valence-corrected chi connectivity index (χ2v) is 8.22. The lowest BCUT2D eigenvalue weighted by Crippen LogP contribution is -2.25. The zero-order valence-corrected chi connectivity index (χ0v) is 15.8. The molecule has 3 aromatic heterocycles. The summed E-state index contributed by atoms with van der Waals surface area (Å²) >= 11 is 5.80. The Morgan fingerprint density at radius 1 is 1.22 bits per heavy atom. The number of hydrogen-bond acceptors (Lipinski definition) is 4. The average Bonchev–Trinajstić information content (AvgIpc) is 3.28.